The van der Waals surface area contributed by atoms with Crippen molar-refractivity contribution in [3.8, 4) is 0 Å². The molecule has 0 radical (unpaired) electrons. The van der Waals surface area contributed by atoms with Crippen LogP contribution in [-0.4, -0.2) is 43.7 Å². The monoisotopic (exact) mass is 378 g/mol. The first-order valence-electron chi connectivity index (χ1n) is 10.4. The summed E-state index contributed by atoms with van der Waals surface area (Å²) < 4.78 is 5.53. The van der Waals surface area contributed by atoms with Crippen molar-refractivity contribution in [1.82, 2.24) is 4.90 Å². The fourth-order valence-electron chi connectivity index (χ4n) is 4.26. The summed E-state index contributed by atoms with van der Waals surface area (Å²) in [5.74, 6) is 0.494. The molecule has 1 fully saturated rings. The van der Waals surface area contributed by atoms with E-state index in [-0.39, 0.29) is 6.04 Å². The van der Waals surface area contributed by atoms with Crippen LogP contribution in [0.15, 0.2) is 53.5 Å². The minimum Gasteiger partial charge on any atom is -0.379 e. The topological polar surface area (TPSA) is 62.9 Å². The van der Waals surface area contributed by atoms with Gasteiger partial charge in [-0.1, -0.05) is 42.5 Å². The van der Waals surface area contributed by atoms with Crippen molar-refractivity contribution in [2.45, 2.75) is 31.7 Å². The highest BCUT2D eigenvalue weighted by Crippen LogP contribution is 2.28. The summed E-state index contributed by atoms with van der Waals surface area (Å²) in [6.07, 6.45) is 4.80. The molecule has 1 aliphatic carbocycles. The summed E-state index contributed by atoms with van der Waals surface area (Å²) in [6.45, 7) is 4.04. The SMILES string of the molecule is NC(=NCC(c1ccccc1)N1CCOCC1)Nc1cccc2c1CCCC2. The van der Waals surface area contributed by atoms with E-state index >= 15 is 0 Å². The van der Waals surface area contributed by atoms with Crippen molar-refractivity contribution in [1.29, 1.82) is 0 Å². The molecule has 5 heteroatoms. The summed E-state index contributed by atoms with van der Waals surface area (Å²) >= 11 is 0. The Hall–Kier alpha value is -2.37. The normalized spacial score (nSPS) is 19.1. The molecule has 3 N–H and O–H groups in total. The number of anilines is 1. The molecule has 28 heavy (non-hydrogen) atoms. The highest BCUT2D eigenvalue weighted by atomic mass is 16.5. The van der Waals surface area contributed by atoms with Gasteiger partial charge < -0.3 is 15.8 Å². The van der Waals surface area contributed by atoms with Gasteiger partial charge in [-0.3, -0.25) is 9.89 Å². The molecule has 0 aromatic heterocycles. The van der Waals surface area contributed by atoms with Crippen LogP contribution in [0.4, 0.5) is 5.69 Å². The highest BCUT2D eigenvalue weighted by Gasteiger charge is 2.22. The number of aryl methyl sites for hydroxylation is 1. The van der Waals surface area contributed by atoms with Crippen LogP contribution >= 0.6 is 0 Å². The second kappa shape index (κ2) is 9.22. The van der Waals surface area contributed by atoms with Gasteiger partial charge in [0, 0.05) is 18.8 Å². The smallest absolute Gasteiger partial charge is 0.193 e. The highest BCUT2D eigenvalue weighted by molar-refractivity contribution is 5.93. The van der Waals surface area contributed by atoms with Crippen LogP contribution in [0.25, 0.3) is 0 Å². The minimum absolute atomic E-state index is 0.218. The zero-order chi connectivity index (χ0) is 19.2. The lowest BCUT2D eigenvalue weighted by molar-refractivity contribution is 0.0180. The quantitative estimate of drug-likeness (QED) is 0.619. The van der Waals surface area contributed by atoms with Crippen LogP contribution in [0.2, 0.25) is 0 Å². The van der Waals surface area contributed by atoms with Crippen molar-refractivity contribution >= 4 is 11.6 Å². The van der Waals surface area contributed by atoms with Gasteiger partial charge in [-0.2, -0.15) is 0 Å². The van der Waals surface area contributed by atoms with Gasteiger partial charge in [0.2, 0.25) is 0 Å². The number of aliphatic imine (C=N–C) groups is 1. The van der Waals surface area contributed by atoms with Crippen LogP contribution in [-0.2, 0) is 17.6 Å². The second-order valence-electron chi connectivity index (χ2n) is 7.58. The Morgan fingerprint density at radius 1 is 1.04 bits per heavy atom. The zero-order valence-electron chi connectivity index (χ0n) is 16.4. The van der Waals surface area contributed by atoms with E-state index in [0.717, 1.165) is 44.8 Å². The third kappa shape index (κ3) is 4.54. The van der Waals surface area contributed by atoms with E-state index in [1.165, 1.54) is 29.5 Å². The average Bonchev–Trinajstić information content (AvgIpc) is 2.76. The molecule has 2 aliphatic rings. The lowest BCUT2D eigenvalue weighted by atomic mass is 9.90. The number of nitrogens with zero attached hydrogens (tertiary/aromatic N) is 2. The average molecular weight is 379 g/mol. The van der Waals surface area contributed by atoms with Gasteiger partial charge in [-0.05, 0) is 48.4 Å². The lowest BCUT2D eigenvalue weighted by Crippen LogP contribution is -2.40. The van der Waals surface area contributed by atoms with Gasteiger partial charge in [0.25, 0.3) is 0 Å². The molecule has 1 atom stereocenters. The summed E-state index contributed by atoms with van der Waals surface area (Å²) in [5.41, 5.74) is 11.5. The van der Waals surface area contributed by atoms with E-state index < -0.39 is 0 Å². The molecular weight excluding hydrogens is 348 g/mol. The van der Waals surface area contributed by atoms with Crippen LogP contribution < -0.4 is 11.1 Å². The Bertz CT molecular complexity index is 800. The molecule has 2 aromatic carbocycles. The first kappa shape index (κ1) is 19.0. The van der Waals surface area contributed by atoms with Crippen LogP contribution in [0.3, 0.4) is 0 Å². The van der Waals surface area contributed by atoms with E-state index in [1.54, 1.807) is 0 Å². The number of hydrogen-bond donors (Lipinski definition) is 2. The number of nitrogens with two attached hydrogens (primary N) is 1. The van der Waals surface area contributed by atoms with Crippen molar-refractivity contribution in [2.75, 3.05) is 38.2 Å². The molecule has 1 aliphatic heterocycles. The number of guanidine groups is 1. The fraction of sp³-hybridized carbons (Fsp3) is 0.435. The van der Waals surface area contributed by atoms with Gasteiger partial charge in [-0.15, -0.1) is 0 Å². The fourth-order valence-corrected chi connectivity index (χ4v) is 4.26. The molecule has 0 amide bonds. The van der Waals surface area contributed by atoms with Gasteiger partial charge in [0.1, 0.15) is 0 Å². The number of morpholine rings is 1. The lowest BCUT2D eigenvalue weighted by Gasteiger charge is -2.34. The second-order valence-corrected chi connectivity index (χ2v) is 7.58. The minimum atomic E-state index is 0.218. The summed E-state index contributed by atoms with van der Waals surface area (Å²) in [5, 5.41) is 3.36. The maximum Gasteiger partial charge on any atom is 0.193 e. The zero-order valence-corrected chi connectivity index (χ0v) is 16.4. The first-order valence-corrected chi connectivity index (χ1v) is 10.4. The Morgan fingerprint density at radius 3 is 2.64 bits per heavy atom. The van der Waals surface area contributed by atoms with Gasteiger partial charge in [0.15, 0.2) is 5.96 Å². The molecule has 4 rings (SSSR count). The molecular formula is C23H30N4O. The third-order valence-electron chi connectivity index (χ3n) is 5.76. The summed E-state index contributed by atoms with van der Waals surface area (Å²) in [6, 6.07) is 17.3. The van der Waals surface area contributed by atoms with Crippen LogP contribution in [0, 0.1) is 0 Å². The molecule has 0 saturated carbocycles. The van der Waals surface area contributed by atoms with E-state index in [2.05, 4.69) is 58.7 Å². The van der Waals surface area contributed by atoms with E-state index in [4.69, 9.17) is 15.5 Å². The third-order valence-corrected chi connectivity index (χ3v) is 5.76. The molecule has 148 valence electrons. The molecule has 0 bridgehead atoms. The largest absolute Gasteiger partial charge is 0.379 e. The number of benzene rings is 2. The molecule has 5 nitrogen and oxygen atoms in total. The number of hydrogen-bond acceptors (Lipinski definition) is 3. The van der Waals surface area contributed by atoms with Crippen molar-refractivity contribution in [3.05, 3.63) is 65.2 Å². The Kier molecular flexibility index (Phi) is 6.24. The van der Waals surface area contributed by atoms with Crippen molar-refractivity contribution in [3.63, 3.8) is 0 Å². The molecule has 1 heterocycles. The maximum absolute atomic E-state index is 6.29. The van der Waals surface area contributed by atoms with Crippen LogP contribution in [0.5, 0.6) is 0 Å². The van der Waals surface area contributed by atoms with E-state index in [0.29, 0.717) is 12.5 Å². The predicted molar refractivity (Wildman–Crippen MR) is 115 cm³/mol. The standard InChI is InChI=1S/C23H30N4O/c24-23(26-21-12-6-10-18-7-4-5-11-20(18)21)25-17-22(19-8-2-1-3-9-19)27-13-15-28-16-14-27/h1-3,6,8-10,12,22H,4-5,7,11,13-17H2,(H3,24,25,26). The van der Waals surface area contributed by atoms with E-state index in [1.807, 2.05) is 0 Å². The number of rotatable bonds is 5. The Morgan fingerprint density at radius 2 is 1.82 bits per heavy atom. The number of fused-ring (bicyclic) bond motifs is 1. The summed E-state index contributed by atoms with van der Waals surface area (Å²) in [4.78, 5) is 7.17. The van der Waals surface area contributed by atoms with Crippen molar-refractivity contribution < 1.29 is 4.74 Å². The first-order chi connectivity index (χ1) is 13.8. The molecule has 1 saturated heterocycles. The van der Waals surface area contributed by atoms with Gasteiger partial charge >= 0.3 is 0 Å². The van der Waals surface area contributed by atoms with Crippen molar-refractivity contribution in [2.24, 2.45) is 10.7 Å². The predicted octanol–water partition coefficient (Wildman–Crippen LogP) is 3.37. The van der Waals surface area contributed by atoms with Gasteiger partial charge in [0.05, 0.1) is 25.8 Å². The molecule has 1 unspecified atom stereocenters. The molecule has 0 spiro atoms. The molecule has 2 aromatic rings. The summed E-state index contributed by atoms with van der Waals surface area (Å²) in [7, 11) is 0. The number of nitrogens with one attached hydrogen (secondary N) is 1. The van der Waals surface area contributed by atoms with E-state index in [9.17, 15) is 0 Å². The maximum atomic E-state index is 6.29. The van der Waals surface area contributed by atoms with Crippen LogP contribution in [0.1, 0.15) is 35.6 Å². The van der Waals surface area contributed by atoms with Gasteiger partial charge in [-0.25, -0.2) is 0 Å². The Labute approximate surface area is 167 Å². The Balaban J connectivity index is 1.49. The number of ether oxygens (including phenoxy) is 1.